The lowest BCUT2D eigenvalue weighted by Crippen LogP contribution is -2.12. The van der Waals surface area contributed by atoms with Gasteiger partial charge in [0.05, 0.1) is 33.3 Å². The van der Waals surface area contributed by atoms with Gasteiger partial charge in [0, 0.05) is 6.07 Å². The monoisotopic (exact) mass is 279 g/mol. The van der Waals surface area contributed by atoms with Gasteiger partial charge in [0.15, 0.2) is 11.5 Å². The van der Waals surface area contributed by atoms with Gasteiger partial charge >= 0.3 is 0 Å². The molecule has 1 heterocycles. The van der Waals surface area contributed by atoms with E-state index in [0.717, 1.165) is 29.7 Å². The summed E-state index contributed by atoms with van der Waals surface area (Å²) in [6.45, 7) is 3.78. The van der Waals surface area contributed by atoms with Crippen molar-refractivity contribution < 1.29 is 18.6 Å². The van der Waals surface area contributed by atoms with Crippen LogP contribution in [-0.2, 0) is 6.54 Å². The van der Waals surface area contributed by atoms with E-state index in [-0.39, 0.29) is 0 Å². The Kier molecular flexibility index (Phi) is 4.74. The zero-order valence-electron chi connectivity index (χ0n) is 12.4. The lowest BCUT2D eigenvalue weighted by Gasteiger charge is -2.12. The molecule has 1 aromatic heterocycles. The highest BCUT2D eigenvalue weighted by Crippen LogP contribution is 2.44. The molecule has 0 bridgehead atoms. The summed E-state index contributed by atoms with van der Waals surface area (Å²) in [5.74, 6) is 2.67. The zero-order valence-corrected chi connectivity index (χ0v) is 12.4. The first-order valence-electron chi connectivity index (χ1n) is 6.67. The van der Waals surface area contributed by atoms with Crippen LogP contribution in [0.4, 0.5) is 0 Å². The van der Waals surface area contributed by atoms with Gasteiger partial charge in [-0.25, -0.2) is 0 Å². The Labute approximate surface area is 118 Å². The van der Waals surface area contributed by atoms with Crippen LogP contribution in [0.15, 0.2) is 16.5 Å². The number of furan rings is 1. The number of methoxy groups -OCH3 is 3. The SMILES string of the molecule is CCCNCc1cc2c(OC)c(OC)c(OC)cc2o1. The van der Waals surface area contributed by atoms with E-state index in [1.807, 2.05) is 12.1 Å². The van der Waals surface area contributed by atoms with Gasteiger partial charge < -0.3 is 23.9 Å². The van der Waals surface area contributed by atoms with Crippen LogP contribution < -0.4 is 19.5 Å². The molecule has 2 rings (SSSR count). The van der Waals surface area contributed by atoms with Gasteiger partial charge in [-0.3, -0.25) is 0 Å². The standard InChI is InChI=1S/C15H21NO4/c1-5-6-16-9-10-7-11-12(20-10)8-13(17-2)15(19-4)14(11)18-3/h7-8,16H,5-6,9H2,1-4H3. The van der Waals surface area contributed by atoms with Crippen molar-refractivity contribution in [2.45, 2.75) is 19.9 Å². The maximum atomic E-state index is 5.82. The average Bonchev–Trinajstić information content (AvgIpc) is 2.87. The average molecular weight is 279 g/mol. The Hall–Kier alpha value is -1.88. The second-order valence-corrected chi connectivity index (χ2v) is 4.45. The van der Waals surface area contributed by atoms with Gasteiger partial charge in [0.2, 0.25) is 5.75 Å². The molecule has 5 nitrogen and oxygen atoms in total. The topological polar surface area (TPSA) is 52.9 Å². The molecule has 0 aliphatic heterocycles. The quantitative estimate of drug-likeness (QED) is 0.790. The molecule has 0 aliphatic rings. The van der Waals surface area contributed by atoms with Crippen LogP contribution in [0.25, 0.3) is 11.0 Å². The lowest BCUT2D eigenvalue weighted by atomic mass is 10.2. The van der Waals surface area contributed by atoms with Crippen molar-refractivity contribution in [3.63, 3.8) is 0 Å². The summed E-state index contributed by atoms with van der Waals surface area (Å²) < 4.78 is 21.9. The number of benzene rings is 1. The molecular weight excluding hydrogens is 258 g/mol. The van der Waals surface area contributed by atoms with Crippen molar-refractivity contribution in [1.82, 2.24) is 5.32 Å². The molecule has 0 fully saturated rings. The summed E-state index contributed by atoms with van der Waals surface area (Å²) in [6.07, 6.45) is 1.09. The second kappa shape index (κ2) is 6.52. The van der Waals surface area contributed by atoms with E-state index in [1.165, 1.54) is 0 Å². The predicted molar refractivity (Wildman–Crippen MR) is 77.9 cm³/mol. The zero-order chi connectivity index (χ0) is 14.5. The van der Waals surface area contributed by atoms with Crippen LogP contribution in [0.3, 0.4) is 0 Å². The number of fused-ring (bicyclic) bond motifs is 1. The van der Waals surface area contributed by atoms with Crippen LogP contribution in [-0.4, -0.2) is 27.9 Å². The van der Waals surface area contributed by atoms with E-state index in [0.29, 0.717) is 23.8 Å². The van der Waals surface area contributed by atoms with Crippen LogP contribution in [0, 0.1) is 0 Å². The number of hydrogen-bond acceptors (Lipinski definition) is 5. The van der Waals surface area contributed by atoms with Gasteiger partial charge in [-0.05, 0) is 19.0 Å². The van der Waals surface area contributed by atoms with E-state index in [2.05, 4.69) is 12.2 Å². The molecule has 5 heteroatoms. The minimum absolute atomic E-state index is 0.580. The van der Waals surface area contributed by atoms with Crippen molar-refractivity contribution >= 4 is 11.0 Å². The molecule has 1 N–H and O–H groups in total. The molecule has 1 aromatic carbocycles. The lowest BCUT2D eigenvalue weighted by molar-refractivity contribution is 0.326. The Morgan fingerprint density at radius 1 is 1.05 bits per heavy atom. The molecule has 0 spiro atoms. The Morgan fingerprint density at radius 3 is 2.40 bits per heavy atom. The summed E-state index contributed by atoms with van der Waals surface area (Å²) >= 11 is 0. The molecule has 0 saturated carbocycles. The van der Waals surface area contributed by atoms with Crippen molar-refractivity contribution in [3.8, 4) is 17.2 Å². The maximum Gasteiger partial charge on any atom is 0.204 e. The van der Waals surface area contributed by atoms with E-state index in [1.54, 1.807) is 21.3 Å². The smallest absolute Gasteiger partial charge is 0.204 e. The summed E-state index contributed by atoms with van der Waals surface area (Å²) in [7, 11) is 4.80. The Morgan fingerprint density at radius 2 is 1.80 bits per heavy atom. The van der Waals surface area contributed by atoms with Gasteiger partial charge in [-0.15, -0.1) is 0 Å². The van der Waals surface area contributed by atoms with E-state index in [4.69, 9.17) is 18.6 Å². The number of hydrogen-bond donors (Lipinski definition) is 1. The first-order valence-corrected chi connectivity index (χ1v) is 6.67. The molecule has 0 amide bonds. The molecule has 20 heavy (non-hydrogen) atoms. The Balaban J connectivity index is 2.44. The normalized spacial score (nSPS) is 10.8. The third kappa shape index (κ3) is 2.67. The molecule has 2 aromatic rings. The molecule has 0 saturated heterocycles. The largest absolute Gasteiger partial charge is 0.493 e. The highest BCUT2D eigenvalue weighted by Gasteiger charge is 2.19. The fraction of sp³-hybridized carbons (Fsp3) is 0.467. The fourth-order valence-corrected chi connectivity index (χ4v) is 2.18. The number of rotatable bonds is 7. The highest BCUT2D eigenvalue weighted by atomic mass is 16.5. The molecular formula is C15H21NO4. The summed E-state index contributed by atoms with van der Waals surface area (Å²) in [6, 6.07) is 3.79. The first-order chi connectivity index (χ1) is 9.74. The molecule has 0 radical (unpaired) electrons. The van der Waals surface area contributed by atoms with E-state index < -0.39 is 0 Å². The summed E-state index contributed by atoms with van der Waals surface area (Å²) in [5, 5.41) is 4.20. The molecule has 0 atom stereocenters. The third-order valence-electron chi connectivity index (χ3n) is 3.10. The minimum Gasteiger partial charge on any atom is -0.493 e. The second-order valence-electron chi connectivity index (χ2n) is 4.45. The van der Waals surface area contributed by atoms with Gasteiger partial charge in [0.25, 0.3) is 0 Å². The third-order valence-corrected chi connectivity index (χ3v) is 3.10. The van der Waals surface area contributed by atoms with Crippen LogP contribution in [0.2, 0.25) is 0 Å². The van der Waals surface area contributed by atoms with Gasteiger partial charge in [-0.2, -0.15) is 0 Å². The highest BCUT2D eigenvalue weighted by molar-refractivity contribution is 5.90. The van der Waals surface area contributed by atoms with Gasteiger partial charge in [0.1, 0.15) is 11.3 Å². The van der Waals surface area contributed by atoms with E-state index in [9.17, 15) is 0 Å². The molecule has 0 aliphatic carbocycles. The van der Waals surface area contributed by atoms with Crippen LogP contribution >= 0.6 is 0 Å². The summed E-state index contributed by atoms with van der Waals surface area (Å²) in [5.41, 5.74) is 0.729. The predicted octanol–water partition coefficient (Wildman–Crippen LogP) is 2.96. The minimum atomic E-state index is 0.580. The van der Waals surface area contributed by atoms with Crippen molar-refractivity contribution in [1.29, 1.82) is 0 Å². The van der Waals surface area contributed by atoms with Gasteiger partial charge in [-0.1, -0.05) is 6.92 Å². The van der Waals surface area contributed by atoms with Crippen LogP contribution in [0.5, 0.6) is 17.2 Å². The van der Waals surface area contributed by atoms with Crippen molar-refractivity contribution in [2.75, 3.05) is 27.9 Å². The maximum absolute atomic E-state index is 5.82. The van der Waals surface area contributed by atoms with E-state index >= 15 is 0 Å². The van der Waals surface area contributed by atoms with Crippen LogP contribution in [0.1, 0.15) is 19.1 Å². The number of nitrogens with one attached hydrogen (secondary N) is 1. The first kappa shape index (κ1) is 14.5. The van der Waals surface area contributed by atoms with Crippen molar-refractivity contribution in [2.24, 2.45) is 0 Å². The Bertz CT molecular complexity index is 577. The summed E-state index contributed by atoms with van der Waals surface area (Å²) in [4.78, 5) is 0. The fourth-order valence-electron chi connectivity index (χ4n) is 2.18. The number of ether oxygens (including phenoxy) is 3. The van der Waals surface area contributed by atoms with Crippen molar-refractivity contribution in [3.05, 3.63) is 17.9 Å². The molecule has 110 valence electrons. The molecule has 0 unspecified atom stereocenters.